The zero-order chi connectivity index (χ0) is 23.5. The van der Waals surface area contributed by atoms with E-state index in [1.165, 1.54) is 37.3 Å². The maximum atomic E-state index is 13.5. The molecule has 180 valence electrons. The molecule has 0 N–H and O–H groups in total. The number of benzene rings is 2. The molecule has 0 saturated heterocycles. The Morgan fingerprint density at radius 2 is 1.82 bits per heavy atom. The molecule has 0 bridgehead atoms. The monoisotopic (exact) mass is 505 g/mol. The molecule has 2 aromatic carbocycles. The lowest BCUT2D eigenvalue weighted by Gasteiger charge is -2.23. The van der Waals surface area contributed by atoms with Crippen LogP contribution in [0.2, 0.25) is 0 Å². The number of ether oxygens (including phenoxy) is 3. The third-order valence-electron chi connectivity index (χ3n) is 4.46. The number of methoxy groups -OCH3 is 2. The third kappa shape index (κ3) is 6.40. The van der Waals surface area contributed by atoms with Crippen LogP contribution in [-0.4, -0.2) is 63.6 Å². The first-order valence-corrected chi connectivity index (χ1v) is 10.3. The number of amides is 1. The van der Waals surface area contributed by atoms with Crippen molar-refractivity contribution in [2.45, 2.75) is 6.36 Å². The second-order valence-electron chi connectivity index (χ2n) is 6.97. The number of nitrogens with zero attached hydrogens (tertiary/aromatic N) is 3. The second-order valence-corrected chi connectivity index (χ2v) is 7.98. The second kappa shape index (κ2) is 10.9. The molecule has 0 aliphatic carbocycles. The normalized spacial score (nSPS) is 11.3. The number of carbonyl (C=O) groups excluding carboxylic acids is 1. The molecule has 12 heteroatoms. The summed E-state index contributed by atoms with van der Waals surface area (Å²) in [5, 5.41) is 0.348. The molecule has 1 heterocycles. The van der Waals surface area contributed by atoms with Crippen LogP contribution in [0.1, 0.15) is 10.4 Å². The highest BCUT2D eigenvalue weighted by Crippen LogP contribution is 2.36. The number of alkyl halides is 3. The van der Waals surface area contributed by atoms with Gasteiger partial charge in [-0.2, -0.15) is 0 Å². The largest absolute Gasteiger partial charge is 0.573 e. The standard InChI is InChI=1S/C21H22F3N3O4S.ClH/c1-26(2)10-11-27(19(28)14-6-5-7-16(29-3)18(14)30-4)20-25-15-9-8-13(12-17(15)32-20)31-21(22,23)24;/h5-9,12H,10-11H2,1-4H3;1H. The van der Waals surface area contributed by atoms with E-state index in [4.69, 9.17) is 9.47 Å². The Labute approximate surface area is 199 Å². The van der Waals surface area contributed by atoms with Crippen molar-refractivity contribution < 1.29 is 32.2 Å². The van der Waals surface area contributed by atoms with Crippen LogP contribution in [0.5, 0.6) is 17.2 Å². The van der Waals surface area contributed by atoms with Crippen LogP contribution in [0.25, 0.3) is 10.2 Å². The Hall–Kier alpha value is -2.76. The quantitative estimate of drug-likeness (QED) is 0.436. The fourth-order valence-electron chi connectivity index (χ4n) is 2.99. The number of aromatic nitrogens is 1. The number of fused-ring (bicyclic) bond motifs is 1. The van der Waals surface area contributed by atoms with Crippen LogP contribution in [0, 0.1) is 0 Å². The number of hydrogen-bond acceptors (Lipinski definition) is 7. The number of para-hydroxylation sites is 1. The highest BCUT2D eigenvalue weighted by molar-refractivity contribution is 7.22. The Morgan fingerprint density at radius 1 is 1.09 bits per heavy atom. The van der Waals surface area contributed by atoms with Crippen molar-refractivity contribution in [3.8, 4) is 17.2 Å². The zero-order valence-corrected chi connectivity index (χ0v) is 19.9. The maximum absolute atomic E-state index is 13.5. The third-order valence-corrected chi connectivity index (χ3v) is 5.50. The summed E-state index contributed by atoms with van der Waals surface area (Å²) in [4.78, 5) is 21.4. The summed E-state index contributed by atoms with van der Waals surface area (Å²) in [6.45, 7) is 0.842. The topological polar surface area (TPSA) is 64.1 Å². The van der Waals surface area contributed by atoms with Gasteiger partial charge in [0.1, 0.15) is 5.75 Å². The van der Waals surface area contributed by atoms with Gasteiger partial charge in [-0.1, -0.05) is 17.4 Å². The van der Waals surface area contributed by atoms with Gasteiger partial charge in [-0.3, -0.25) is 9.69 Å². The van der Waals surface area contributed by atoms with Gasteiger partial charge in [-0.25, -0.2) is 4.98 Å². The molecular formula is C21H23ClF3N3O4S. The van der Waals surface area contributed by atoms with Gasteiger partial charge < -0.3 is 19.1 Å². The average molecular weight is 506 g/mol. The van der Waals surface area contributed by atoms with E-state index >= 15 is 0 Å². The number of likely N-dealkylation sites (N-methyl/N-ethyl adjacent to an activating group) is 1. The van der Waals surface area contributed by atoms with Gasteiger partial charge in [0.2, 0.25) is 0 Å². The SMILES string of the molecule is COc1cccc(C(=O)N(CCN(C)C)c2nc3ccc(OC(F)(F)F)cc3s2)c1OC.Cl. The summed E-state index contributed by atoms with van der Waals surface area (Å²) < 4.78 is 52.8. The molecule has 0 fully saturated rings. The number of anilines is 1. The molecule has 3 aromatic rings. The van der Waals surface area contributed by atoms with E-state index in [1.807, 2.05) is 19.0 Å². The molecule has 0 atom stereocenters. The van der Waals surface area contributed by atoms with Crippen LogP contribution < -0.4 is 19.1 Å². The number of thiazole rings is 1. The lowest BCUT2D eigenvalue weighted by atomic mass is 10.1. The average Bonchev–Trinajstić information content (AvgIpc) is 3.14. The van der Waals surface area contributed by atoms with Crippen molar-refractivity contribution in [3.05, 3.63) is 42.0 Å². The Balaban J connectivity index is 0.00000385. The summed E-state index contributed by atoms with van der Waals surface area (Å²) in [7, 11) is 6.66. The summed E-state index contributed by atoms with van der Waals surface area (Å²) in [5.74, 6) is -0.0183. The Kier molecular flexibility index (Phi) is 8.76. The first-order chi connectivity index (χ1) is 15.1. The van der Waals surface area contributed by atoms with Crippen molar-refractivity contribution in [2.75, 3.05) is 46.3 Å². The predicted octanol–water partition coefficient (Wildman–Crippen LogP) is 4.84. The van der Waals surface area contributed by atoms with Crippen molar-refractivity contribution >= 4 is 45.0 Å². The summed E-state index contributed by atoms with van der Waals surface area (Å²) in [5.41, 5.74) is 0.741. The van der Waals surface area contributed by atoms with Gasteiger partial charge in [-0.15, -0.1) is 25.6 Å². The van der Waals surface area contributed by atoms with Crippen LogP contribution in [0.4, 0.5) is 18.3 Å². The number of rotatable bonds is 8. The molecular weight excluding hydrogens is 483 g/mol. The fraction of sp³-hybridized carbons (Fsp3) is 0.333. The number of hydrogen-bond donors (Lipinski definition) is 0. The first kappa shape index (κ1) is 26.5. The van der Waals surface area contributed by atoms with E-state index < -0.39 is 6.36 Å². The smallest absolute Gasteiger partial charge is 0.493 e. The van der Waals surface area contributed by atoms with Gasteiger partial charge in [0, 0.05) is 19.2 Å². The molecule has 0 saturated carbocycles. The highest BCUT2D eigenvalue weighted by atomic mass is 35.5. The summed E-state index contributed by atoms with van der Waals surface area (Å²) in [6, 6.07) is 8.85. The van der Waals surface area contributed by atoms with Gasteiger partial charge in [0.05, 0.1) is 30.0 Å². The van der Waals surface area contributed by atoms with Crippen LogP contribution in [0.15, 0.2) is 36.4 Å². The van der Waals surface area contributed by atoms with E-state index in [0.717, 1.165) is 11.3 Å². The molecule has 1 aromatic heterocycles. The minimum atomic E-state index is -4.79. The summed E-state index contributed by atoms with van der Waals surface area (Å²) in [6.07, 6.45) is -4.79. The van der Waals surface area contributed by atoms with Gasteiger partial charge in [0.15, 0.2) is 16.6 Å². The molecule has 33 heavy (non-hydrogen) atoms. The van der Waals surface area contributed by atoms with Crippen molar-refractivity contribution in [3.63, 3.8) is 0 Å². The fourth-order valence-corrected chi connectivity index (χ4v) is 4.01. The van der Waals surface area contributed by atoms with Crippen molar-refractivity contribution in [2.24, 2.45) is 0 Å². The zero-order valence-electron chi connectivity index (χ0n) is 18.3. The Morgan fingerprint density at radius 3 is 2.42 bits per heavy atom. The molecule has 0 radical (unpaired) electrons. The molecule has 3 rings (SSSR count). The molecule has 0 spiro atoms. The van der Waals surface area contributed by atoms with Gasteiger partial charge in [0.25, 0.3) is 5.91 Å². The molecule has 0 aliphatic heterocycles. The minimum Gasteiger partial charge on any atom is -0.493 e. The van der Waals surface area contributed by atoms with E-state index in [0.29, 0.717) is 34.2 Å². The van der Waals surface area contributed by atoms with E-state index in [1.54, 1.807) is 18.2 Å². The predicted molar refractivity (Wildman–Crippen MR) is 123 cm³/mol. The minimum absolute atomic E-state index is 0. The number of carbonyl (C=O) groups is 1. The lowest BCUT2D eigenvalue weighted by Crippen LogP contribution is -2.37. The van der Waals surface area contributed by atoms with E-state index in [9.17, 15) is 18.0 Å². The van der Waals surface area contributed by atoms with E-state index in [2.05, 4.69) is 9.72 Å². The molecule has 0 unspecified atom stereocenters. The molecule has 7 nitrogen and oxygen atoms in total. The van der Waals surface area contributed by atoms with Crippen LogP contribution in [-0.2, 0) is 0 Å². The molecule has 0 aliphatic rings. The first-order valence-electron chi connectivity index (χ1n) is 9.47. The highest BCUT2D eigenvalue weighted by Gasteiger charge is 2.31. The van der Waals surface area contributed by atoms with Crippen molar-refractivity contribution in [1.29, 1.82) is 0 Å². The maximum Gasteiger partial charge on any atom is 0.573 e. The van der Waals surface area contributed by atoms with Crippen molar-refractivity contribution in [1.82, 2.24) is 9.88 Å². The Bertz CT molecular complexity index is 1110. The molecule has 1 amide bonds. The van der Waals surface area contributed by atoms with Crippen LogP contribution in [0.3, 0.4) is 0 Å². The van der Waals surface area contributed by atoms with Gasteiger partial charge >= 0.3 is 6.36 Å². The van der Waals surface area contributed by atoms with Gasteiger partial charge in [-0.05, 0) is 38.4 Å². The summed E-state index contributed by atoms with van der Waals surface area (Å²) >= 11 is 1.10. The van der Waals surface area contributed by atoms with Crippen LogP contribution >= 0.6 is 23.7 Å². The lowest BCUT2D eigenvalue weighted by molar-refractivity contribution is -0.274. The number of halogens is 4. The van der Waals surface area contributed by atoms with E-state index in [-0.39, 0.29) is 35.4 Å².